The van der Waals surface area contributed by atoms with Gasteiger partial charge in [0, 0.05) is 31.7 Å². The van der Waals surface area contributed by atoms with Gasteiger partial charge in [0.2, 0.25) is 0 Å². The molecule has 0 radical (unpaired) electrons. The number of ether oxygens (including phenoxy) is 1. The highest BCUT2D eigenvalue weighted by molar-refractivity contribution is 5.85. The number of benzene rings is 2. The van der Waals surface area contributed by atoms with Gasteiger partial charge < -0.3 is 10.1 Å². The molecule has 1 N–H and O–H groups in total. The third-order valence-corrected chi connectivity index (χ3v) is 4.22. The Morgan fingerprint density at radius 2 is 1.54 bits per heavy atom. The van der Waals surface area contributed by atoms with E-state index in [2.05, 4.69) is 10.1 Å². The summed E-state index contributed by atoms with van der Waals surface area (Å²) in [6.07, 6.45) is -4.78. The molecule has 1 saturated heterocycles. The number of nitrogens with zero attached hydrogens (tertiary/aromatic N) is 1. The lowest BCUT2D eigenvalue weighted by Gasteiger charge is -2.35. The molecule has 0 spiro atoms. The van der Waals surface area contributed by atoms with Crippen molar-refractivity contribution in [1.29, 1.82) is 0 Å². The van der Waals surface area contributed by atoms with E-state index < -0.39 is 24.0 Å². The molecule has 0 amide bonds. The maximum absolute atomic E-state index is 14.4. The number of nitrogens with one attached hydrogen (secondary N) is 1. The van der Waals surface area contributed by atoms with Crippen molar-refractivity contribution in [1.82, 2.24) is 10.2 Å². The van der Waals surface area contributed by atoms with Gasteiger partial charge >= 0.3 is 6.36 Å². The van der Waals surface area contributed by atoms with Gasteiger partial charge in [0.05, 0.1) is 6.04 Å². The number of alkyl halides is 3. The molecule has 1 fully saturated rings. The Morgan fingerprint density at radius 1 is 0.929 bits per heavy atom. The summed E-state index contributed by atoms with van der Waals surface area (Å²) in [5, 5.41) is 3.18. The number of hydrogen-bond donors (Lipinski definition) is 1. The van der Waals surface area contributed by atoms with Gasteiger partial charge in [0.1, 0.15) is 5.75 Å². The van der Waals surface area contributed by atoms with Crippen LogP contribution in [0.3, 0.4) is 0 Å². The first kappa shape index (κ1) is 24.4. The van der Waals surface area contributed by atoms with Gasteiger partial charge in [-0.15, -0.1) is 38.0 Å². The van der Waals surface area contributed by atoms with Gasteiger partial charge in [-0.1, -0.05) is 24.3 Å². The molecular formula is C18H19Cl2F5N2O. The van der Waals surface area contributed by atoms with Gasteiger partial charge in [0.25, 0.3) is 0 Å². The fraction of sp³-hybridized carbons (Fsp3) is 0.333. The Hall–Kier alpha value is -1.61. The molecule has 0 saturated carbocycles. The fourth-order valence-electron chi connectivity index (χ4n) is 3.11. The first-order valence-electron chi connectivity index (χ1n) is 8.09. The first-order chi connectivity index (χ1) is 12.3. The second kappa shape index (κ2) is 10.2. The summed E-state index contributed by atoms with van der Waals surface area (Å²) in [4.78, 5) is 1.97. The summed E-state index contributed by atoms with van der Waals surface area (Å²) in [5.74, 6) is -2.27. The molecule has 0 bridgehead atoms. The van der Waals surface area contributed by atoms with E-state index in [0.29, 0.717) is 31.7 Å². The number of rotatable bonds is 4. The largest absolute Gasteiger partial charge is 0.573 e. The van der Waals surface area contributed by atoms with Crippen molar-refractivity contribution in [2.75, 3.05) is 26.2 Å². The number of halogens is 7. The van der Waals surface area contributed by atoms with Gasteiger partial charge in [-0.3, -0.25) is 4.90 Å². The van der Waals surface area contributed by atoms with Crippen molar-refractivity contribution < 1.29 is 26.7 Å². The fourth-order valence-corrected chi connectivity index (χ4v) is 3.11. The normalized spacial score (nSPS) is 15.9. The highest BCUT2D eigenvalue weighted by Crippen LogP contribution is 2.33. The minimum absolute atomic E-state index is 0. The molecule has 3 nitrogen and oxygen atoms in total. The van der Waals surface area contributed by atoms with Gasteiger partial charge in [-0.25, -0.2) is 8.78 Å². The summed E-state index contributed by atoms with van der Waals surface area (Å²) in [6.45, 7) is 2.56. The van der Waals surface area contributed by atoms with E-state index in [1.807, 2.05) is 4.90 Å². The van der Waals surface area contributed by atoms with Gasteiger partial charge in [-0.2, -0.15) is 0 Å². The SMILES string of the molecule is Cl.Cl.Fc1cccc([C@H](c2ccc(OC(F)(F)F)cc2)N2CCNCC2)c1F. The summed E-state index contributed by atoms with van der Waals surface area (Å²) in [7, 11) is 0. The Kier molecular flexibility index (Phi) is 8.94. The zero-order valence-electron chi connectivity index (χ0n) is 14.5. The summed E-state index contributed by atoms with van der Waals surface area (Å²) in [5.41, 5.74) is 0.710. The van der Waals surface area contributed by atoms with Crippen LogP contribution in [0.2, 0.25) is 0 Å². The second-order valence-electron chi connectivity index (χ2n) is 5.95. The maximum atomic E-state index is 14.4. The van der Waals surface area contributed by atoms with E-state index in [0.717, 1.165) is 6.07 Å². The van der Waals surface area contributed by atoms with Crippen LogP contribution in [-0.2, 0) is 0 Å². The van der Waals surface area contributed by atoms with Crippen LogP contribution in [0.1, 0.15) is 17.2 Å². The van der Waals surface area contributed by atoms with E-state index in [1.54, 1.807) is 0 Å². The average Bonchev–Trinajstić information content (AvgIpc) is 2.60. The predicted octanol–water partition coefficient (Wildman–Crippen LogP) is 4.70. The van der Waals surface area contributed by atoms with Crippen molar-refractivity contribution in [3.63, 3.8) is 0 Å². The number of hydrogen-bond acceptors (Lipinski definition) is 3. The Morgan fingerprint density at radius 3 is 2.11 bits per heavy atom. The molecule has 0 aliphatic carbocycles. The molecule has 156 valence electrons. The van der Waals surface area contributed by atoms with Crippen molar-refractivity contribution in [3.8, 4) is 5.75 Å². The highest BCUT2D eigenvalue weighted by atomic mass is 35.5. The van der Waals surface area contributed by atoms with Crippen LogP contribution in [-0.4, -0.2) is 37.4 Å². The second-order valence-corrected chi connectivity index (χ2v) is 5.95. The molecule has 2 aromatic rings. The van der Waals surface area contributed by atoms with E-state index in [9.17, 15) is 22.0 Å². The highest BCUT2D eigenvalue weighted by Gasteiger charge is 2.32. The van der Waals surface area contributed by atoms with Crippen molar-refractivity contribution in [2.24, 2.45) is 0 Å². The van der Waals surface area contributed by atoms with Crippen LogP contribution in [0.25, 0.3) is 0 Å². The lowest BCUT2D eigenvalue weighted by Crippen LogP contribution is -2.45. The zero-order chi connectivity index (χ0) is 18.7. The average molecular weight is 445 g/mol. The van der Waals surface area contributed by atoms with Crippen LogP contribution in [0.4, 0.5) is 22.0 Å². The topological polar surface area (TPSA) is 24.5 Å². The molecule has 1 atom stereocenters. The Labute approximate surface area is 171 Å². The number of piperazine rings is 1. The lowest BCUT2D eigenvalue weighted by molar-refractivity contribution is -0.274. The smallest absolute Gasteiger partial charge is 0.406 e. The first-order valence-corrected chi connectivity index (χ1v) is 8.09. The minimum Gasteiger partial charge on any atom is -0.406 e. The quantitative estimate of drug-likeness (QED) is 0.691. The Balaban J connectivity index is 0.00000196. The molecular weight excluding hydrogens is 426 g/mol. The van der Waals surface area contributed by atoms with Crippen LogP contribution in [0.15, 0.2) is 42.5 Å². The lowest BCUT2D eigenvalue weighted by atomic mass is 9.95. The molecule has 0 aromatic heterocycles. The minimum atomic E-state index is -4.78. The standard InChI is InChI=1S/C18H17F5N2O.2ClH/c19-15-3-1-2-14(16(15)20)17(25-10-8-24-9-11-25)12-4-6-13(7-5-12)26-18(21,22)23;;/h1-7,17,24H,8-11H2;2*1H/t17-;;/m0../s1. The van der Waals surface area contributed by atoms with Crippen molar-refractivity contribution >= 4 is 24.8 Å². The van der Waals surface area contributed by atoms with Crippen LogP contribution in [0, 0.1) is 11.6 Å². The molecule has 1 aliphatic rings. The van der Waals surface area contributed by atoms with Crippen molar-refractivity contribution in [3.05, 3.63) is 65.2 Å². The van der Waals surface area contributed by atoms with E-state index >= 15 is 0 Å². The zero-order valence-corrected chi connectivity index (χ0v) is 16.1. The molecule has 0 unspecified atom stereocenters. The molecule has 10 heteroatoms. The van der Waals surface area contributed by atoms with Gasteiger partial charge in [-0.05, 0) is 23.8 Å². The molecule has 28 heavy (non-hydrogen) atoms. The van der Waals surface area contributed by atoms with Gasteiger partial charge in [0.15, 0.2) is 11.6 Å². The van der Waals surface area contributed by atoms with E-state index in [-0.39, 0.29) is 36.1 Å². The molecule has 1 aliphatic heterocycles. The third kappa shape index (κ3) is 5.94. The third-order valence-electron chi connectivity index (χ3n) is 4.22. The monoisotopic (exact) mass is 444 g/mol. The predicted molar refractivity (Wildman–Crippen MR) is 100 cm³/mol. The summed E-state index contributed by atoms with van der Waals surface area (Å²) in [6, 6.07) is 8.58. The van der Waals surface area contributed by atoms with E-state index in [4.69, 9.17) is 0 Å². The molecule has 1 heterocycles. The summed E-state index contributed by atoms with van der Waals surface area (Å²) < 4.78 is 69.0. The molecule has 3 rings (SSSR count). The summed E-state index contributed by atoms with van der Waals surface area (Å²) >= 11 is 0. The van der Waals surface area contributed by atoms with Crippen LogP contribution < -0.4 is 10.1 Å². The Bertz CT molecular complexity index is 753. The maximum Gasteiger partial charge on any atom is 0.573 e. The molecule has 2 aromatic carbocycles. The van der Waals surface area contributed by atoms with Crippen LogP contribution >= 0.6 is 24.8 Å². The van der Waals surface area contributed by atoms with Crippen LogP contribution in [0.5, 0.6) is 5.75 Å². The van der Waals surface area contributed by atoms with Crippen molar-refractivity contribution in [2.45, 2.75) is 12.4 Å². The van der Waals surface area contributed by atoms with E-state index in [1.165, 1.54) is 36.4 Å².